The van der Waals surface area contributed by atoms with Crippen molar-refractivity contribution in [3.63, 3.8) is 0 Å². The molecule has 1 rings (SSSR count). The van der Waals surface area contributed by atoms with Gasteiger partial charge in [0.15, 0.2) is 0 Å². The lowest BCUT2D eigenvalue weighted by molar-refractivity contribution is -0.155. The molecule has 2 atom stereocenters. The zero-order valence-electron chi connectivity index (χ0n) is 10.8. The number of hydrogen-bond acceptors (Lipinski definition) is 2. The van der Waals surface area contributed by atoms with E-state index in [-0.39, 0.29) is 12.8 Å². The third-order valence-electron chi connectivity index (χ3n) is 3.74. The summed E-state index contributed by atoms with van der Waals surface area (Å²) in [6, 6.07) is 0. The molecule has 4 nitrogen and oxygen atoms in total. The van der Waals surface area contributed by atoms with Gasteiger partial charge in [-0.15, -0.1) is 0 Å². The number of aliphatic carboxylic acids is 1. The standard InChI is InChI=1S/C12H17F4NO3/c13-11(3-1-4-11)6-8(9(17)18)7(10(19)20)2-5-12(14,15)16/h7-8H,1-6H2,(H2,17,18)(H,19,20)/t7-,8+/m1/s1. The van der Waals surface area contributed by atoms with Crippen molar-refractivity contribution in [1.82, 2.24) is 0 Å². The molecule has 0 heterocycles. The smallest absolute Gasteiger partial charge is 0.389 e. The summed E-state index contributed by atoms with van der Waals surface area (Å²) in [7, 11) is 0. The SMILES string of the molecule is NC(=O)[C@@H](CC1(F)CCC1)[C@@H](CCC(F)(F)F)C(=O)O. The van der Waals surface area contributed by atoms with Crippen molar-refractivity contribution >= 4 is 11.9 Å². The van der Waals surface area contributed by atoms with Gasteiger partial charge in [0.1, 0.15) is 5.67 Å². The maximum atomic E-state index is 14.0. The number of carbonyl (C=O) groups excluding carboxylic acids is 1. The van der Waals surface area contributed by atoms with Crippen LogP contribution in [-0.4, -0.2) is 28.8 Å². The third-order valence-corrected chi connectivity index (χ3v) is 3.74. The monoisotopic (exact) mass is 299 g/mol. The normalized spacial score (nSPS) is 20.8. The van der Waals surface area contributed by atoms with E-state index in [1.165, 1.54) is 0 Å². The molecule has 8 heteroatoms. The Morgan fingerprint density at radius 3 is 2.10 bits per heavy atom. The number of rotatable bonds is 7. The minimum Gasteiger partial charge on any atom is -0.481 e. The van der Waals surface area contributed by atoms with Crippen molar-refractivity contribution in [2.45, 2.75) is 50.4 Å². The fraction of sp³-hybridized carbons (Fsp3) is 0.833. The molecule has 0 radical (unpaired) electrons. The average Bonchev–Trinajstić information content (AvgIpc) is 2.23. The van der Waals surface area contributed by atoms with Crippen LogP contribution in [0.1, 0.15) is 38.5 Å². The van der Waals surface area contributed by atoms with E-state index in [0.29, 0.717) is 6.42 Å². The average molecular weight is 299 g/mol. The molecule has 0 aromatic rings. The van der Waals surface area contributed by atoms with E-state index in [0.717, 1.165) is 0 Å². The molecule has 0 unspecified atom stereocenters. The van der Waals surface area contributed by atoms with Crippen LogP contribution in [0.25, 0.3) is 0 Å². The highest BCUT2D eigenvalue weighted by atomic mass is 19.4. The molecule has 0 aromatic heterocycles. The zero-order chi connectivity index (χ0) is 15.6. The Morgan fingerprint density at radius 2 is 1.80 bits per heavy atom. The van der Waals surface area contributed by atoms with Gasteiger partial charge in [0, 0.05) is 6.42 Å². The van der Waals surface area contributed by atoms with E-state index < -0.39 is 54.8 Å². The summed E-state index contributed by atoms with van der Waals surface area (Å²) >= 11 is 0. The number of hydrogen-bond donors (Lipinski definition) is 2. The van der Waals surface area contributed by atoms with Crippen molar-refractivity contribution in [2.75, 3.05) is 0 Å². The van der Waals surface area contributed by atoms with Gasteiger partial charge in [-0.25, -0.2) is 4.39 Å². The van der Waals surface area contributed by atoms with Gasteiger partial charge in [0.25, 0.3) is 0 Å². The van der Waals surface area contributed by atoms with Crippen LogP contribution in [0, 0.1) is 11.8 Å². The van der Waals surface area contributed by atoms with Crippen molar-refractivity contribution in [1.29, 1.82) is 0 Å². The molecule has 0 saturated heterocycles. The highest BCUT2D eigenvalue weighted by Gasteiger charge is 2.45. The van der Waals surface area contributed by atoms with Crippen LogP contribution in [0.15, 0.2) is 0 Å². The lowest BCUT2D eigenvalue weighted by Crippen LogP contribution is -2.43. The predicted molar refractivity (Wildman–Crippen MR) is 61.4 cm³/mol. The molecule has 1 fully saturated rings. The summed E-state index contributed by atoms with van der Waals surface area (Å²) in [4.78, 5) is 22.4. The molecule has 1 amide bonds. The fourth-order valence-electron chi connectivity index (χ4n) is 2.42. The molecule has 116 valence electrons. The molecule has 0 spiro atoms. The molecule has 0 bridgehead atoms. The minimum atomic E-state index is -4.53. The van der Waals surface area contributed by atoms with Crippen molar-refractivity contribution in [3.8, 4) is 0 Å². The second kappa shape index (κ2) is 5.97. The van der Waals surface area contributed by atoms with Crippen LogP contribution in [0.4, 0.5) is 17.6 Å². The summed E-state index contributed by atoms with van der Waals surface area (Å²) in [5, 5.41) is 8.98. The third kappa shape index (κ3) is 4.64. The largest absolute Gasteiger partial charge is 0.481 e. The first kappa shape index (κ1) is 16.7. The Hall–Kier alpha value is -1.34. The lowest BCUT2D eigenvalue weighted by atomic mass is 9.72. The molecular formula is C12H17F4NO3. The molecule has 20 heavy (non-hydrogen) atoms. The molecular weight excluding hydrogens is 282 g/mol. The second-order valence-electron chi connectivity index (χ2n) is 5.32. The Labute approximate surface area is 113 Å². The van der Waals surface area contributed by atoms with Crippen LogP contribution in [-0.2, 0) is 9.59 Å². The Morgan fingerprint density at radius 1 is 1.25 bits per heavy atom. The number of alkyl halides is 4. The highest BCUT2D eigenvalue weighted by molar-refractivity contribution is 5.83. The van der Waals surface area contributed by atoms with Crippen molar-refractivity contribution in [2.24, 2.45) is 17.6 Å². The second-order valence-corrected chi connectivity index (χ2v) is 5.32. The van der Waals surface area contributed by atoms with E-state index >= 15 is 0 Å². The van der Waals surface area contributed by atoms with Crippen molar-refractivity contribution in [3.05, 3.63) is 0 Å². The molecule has 0 aliphatic heterocycles. The molecule has 0 aromatic carbocycles. The first-order chi connectivity index (χ1) is 9.04. The van der Waals surface area contributed by atoms with Gasteiger partial charge in [-0.1, -0.05) is 0 Å². The topological polar surface area (TPSA) is 80.4 Å². The van der Waals surface area contributed by atoms with Gasteiger partial charge in [-0.2, -0.15) is 13.2 Å². The van der Waals surface area contributed by atoms with Crippen LogP contribution in [0.5, 0.6) is 0 Å². The zero-order valence-corrected chi connectivity index (χ0v) is 10.8. The summed E-state index contributed by atoms with van der Waals surface area (Å²) in [6.45, 7) is 0. The first-order valence-electron chi connectivity index (χ1n) is 6.32. The molecule has 1 aliphatic rings. The van der Waals surface area contributed by atoms with E-state index in [4.69, 9.17) is 10.8 Å². The van der Waals surface area contributed by atoms with Gasteiger partial charge in [0.2, 0.25) is 5.91 Å². The number of halogens is 4. The van der Waals surface area contributed by atoms with Crippen LogP contribution in [0.3, 0.4) is 0 Å². The number of carbonyl (C=O) groups is 2. The maximum Gasteiger partial charge on any atom is 0.389 e. The first-order valence-corrected chi connectivity index (χ1v) is 6.32. The van der Waals surface area contributed by atoms with Crippen LogP contribution >= 0.6 is 0 Å². The maximum absolute atomic E-state index is 14.0. The molecule has 1 saturated carbocycles. The van der Waals surface area contributed by atoms with Crippen LogP contribution < -0.4 is 5.73 Å². The quantitative estimate of drug-likeness (QED) is 0.708. The summed E-state index contributed by atoms with van der Waals surface area (Å²) < 4.78 is 50.5. The fourth-order valence-corrected chi connectivity index (χ4v) is 2.42. The molecule has 1 aliphatic carbocycles. The lowest BCUT2D eigenvalue weighted by Gasteiger charge is -2.37. The Bertz CT molecular complexity index is 379. The Balaban J connectivity index is 2.77. The van der Waals surface area contributed by atoms with E-state index in [1.54, 1.807) is 0 Å². The van der Waals surface area contributed by atoms with Gasteiger partial charge >= 0.3 is 12.1 Å². The minimum absolute atomic E-state index is 0.183. The number of carboxylic acids is 1. The van der Waals surface area contributed by atoms with E-state index in [2.05, 4.69) is 0 Å². The summed E-state index contributed by atoms with van der Waals surface area (Å²) in [6.07, 6.45) is -6.08. The Kier molecular flexibility index (Phi) is 4.99. The summed E-state index contributed by atoms with van der Waals surface area (Å²) in [5.41, 5.74) is 3.38. The number of primary amides is 1. The molecule has 3 N–H and O–H groups in total. The summed E-state index contributed by atoms with van der Waals surface area (Å²) in [5.74, 6) is -5.65. The number of amides is 1. The van der Waals surface area contributed by atoms with Crippen molar-refractivity contribution < 1.29 is 32.3 Å². The number of nitrogens with two attached hydrogens (primary N) is 1. The number of carboxylic acid groups (broad SMARTS) is 1. The van der Waals surface area contributed by atoms with Crippen LogP contribution in [0.2, 0.25) is 0 Å². The highest BCUT2D eigenvalue weighted by Crippen LogP contribution is 2.43. The van der Waals surface area contributed by atoms with E-state index in [9.17, 15) is 27.2 Å². The predicted octanol–water partition coefficient (Wildman–Crippen LogP) is 2.41. The van der Waals surface area contributed by atoms with Gasteiger partial charge in [-0.3, -0.25) is 9.59 Å². The van der Waals surface area contributed by atoms with Gasteiger partial charge < -0.3 is 10.8 Å². The van der Waals surface area contributed by atoms with Gasteiger partial charge in [-0.05, 0) is 32.1 Å². The van der Waals surface area contributed by atoms with Gasteiger partial charge in [0.05, 0.1) is 11.8 Å². The van der Waals surface area contributed by atoms with E-state index in [1.807, 2.05) is 0 Å².